The Morgan fingerprint density at radius 2 is 2.24 bits per heavy atom. The van der Waals surface area contributed by atoms with E-state index in [1.54, 1.807) is 17.4 Å². The van der Waals surface area contributed by atoms with E-state index in [0.29, 0.717) is 17.6 Å². The smallest absolute Gasteiger partial charge is 0.273 e. The first-order valence-corrected chi connectivity index (χ1v) is 8.01. The quantitative estimate of drug-likeness (QED) is 0.793. The van der Waals surface area contributed by atoms with Crippen molar-refractivity contribution in [3.63, 3.8) is 0 Å². The van der Waals surface area contributed by atoms with Gasteiger partial charge in [0.25, 0.3) is 5.91 Å². The summed E-state index contributed by atoms with van der Waals surface area (Å²) >= 11 is 1.67. The Morgan fingerprint density at radius 3 is 3.00 bits per heavy atom. The fourth-order valence-electron chi connectivity index (χ4n) is 3.13. The minimum absolute atomic E-state index is 0.126. The molecule has 0 atom stereocenters. The van der Waals surface area contributed by atoms with Crippen molar-refractivity contribution in [2.75, 3.05) is 5.32 Å². The van der Waals surface area contributed by atoms with E-state index < -0.39 is 0 Å². The summed E-state index contributed by atoms with van der Waals surface area (Å²) in [6.07, 6.45) is 6.20. The predicted molar refractivity (Wildman–Crippen MR) is 81.8 cm³/mol. The molecule has 0 aromatic carbocycles. The molecule has 3 aromatic heterocycles. The van der Waals surface area contributed by atoms with Gasteiger partial charge in [0.05, 0.1) is 10.2 Å². The Morgan fingerprint density at radius 1 is 1.38 bits per heavy atom. The number of hydrogen-bond acceptors (Lipinski definition) is 4. The van der Waals surface area contributed by atoms with Crippen molar-refractivity contribution in [3.05, 3.63) is 35.5 Å². The zero-order valence-corrected chi connectivity index (χ0v) is 12.2. The van der Waals surface area contributed by atoms with E-state index in [4.69, 9.17) is 4.52 Å². The maximum Gasteiger partial charge on any atom is 0.273 e. The fraction of sp³-hybridized carbons (Fsp3) is 0.333. The highest BCUT2D eigenvalue weighted by molar-refractivity contribution is 7.17. The molecule has 3 heterocycles. The molecule has 1 fully saturated rings. The first-order chi connectivity index (χ1) is 10.3. The Bertz CT molecular complexity index is 766. The number of aromatic nitrogens is 2. The largest absolute Gasteiger partial charge is 0.363 e. The highest BCUT2D eigenvalue weighted by Gasteiger charge is 2.25. The van der Waals surface area contributed by atoms with Crippen LogP contribution in [0.25, 0.3) is 10.2 Å². The molecule has 0 unspecified atom stereocenters. The van der Waals surface area contributed by atoms with E-state index in [9.17, 15) is 4.79 Å². The molecule has 0 bridgehead atoms. The average Bonchev–Trinajstić information content (AvgIpc) is 3.23. The predicted octanol–water partition coefficient (Wildman–Crippen LogP) is 4.06. The lowest BCUT2D eigenvalue weighted by Gasteiger charge is -2.16. The van der Waals surface area contributed by atoms with Crippen LogP contribution in [0.3, 0.4) is 0 Å². The first kappa shape index (κ1) is 12.6. The maximum absolute atomic E-state index is 12.5. The lowest BCUT2D eigenvalue weighted by Crippen LogP contribution is -2.19. The summed E-state index contributed by atoms with van der Waals surface area (Å²) in [4.78, 5) is 12.5. The molecule has 3 aromatic rings. The molecule has 0 radical (unpaired) electrons. The monoisotopic (exact) mass is 301 g/mol. The molecule has 0 saturated heterocycles. The minimum atomic E-state index is -0.126. The second-order valence-electron chi connectivity index (χ2n) is 5.35. The summed E-state index contributed by atoms with van der Waals surface area (Å²) in [5, 5.41) is 8.61. The summed E-state index contributed by atoms with van der Waals surface area (Å²) in [6.45, 7) is 0. The Kier molecular flexibility index (Phi) is 3.03. The van der Waals surface area contributed by atoms with Gasteiger partial charge in [-0.2, -0.15) is 0 Å². The van der Waals surface area contributed by atoms with Crippen LogP contribution in [0.4, 0.5) is 5.82 Å². The molecule has 1 aliphatic rings. The molecular formula is C15H15N3O2S. The van der Waals surface area contributed by atoms with Gasteiger partial charge in [0.2, 0.25) is 0 Å². The summed E-state index contributed by atoms with van der Waals surface area (Å²) in [7, 11) is 0. The van der Waals surface area contributed by atoms with Crippen LogP contribution in [0.15, 0.2) is 34.4 Å². The third kappa shape index (κ3) is 2.15. The zero-order chi connectivity index (χ0) is 14.2. The summed E-state index contributed by atoms with van der Waals surface area (Å²) < 4.78 is 8.12. The van der Waals surface area contributed by atoms with E-state index in [-0.39, 0.29) is 5.91 Å². The van der Waals surface area contributed by atoms with Crippen LogP contribution in [-0.2, 0) is 0 Å². The van der Waals surface area contributed by atoms with Crippen LogP contribution in [0.1, 0.15) is 42.2 Å². The second-order valence-corrected chi connectivity index (χ2v) is 6.29. The van der Waals surface area contributed by atoms with Gasteiger partial charge in [-0.15, -0.1) is 11.3 Å². The van der Waals surface area contributed by atoms with Gasteiger partial charge in [0.1, 0.15) is 12.0 Å². The third-order valence-electron chi connectivity index (χ3n) is 4.06. The van der Waals surface area contributed by atoms with Gasteiger partial charge in [-0.05, 0) is 30.4 Å². The second kappa shape index (κ2) is 5.04. The third-order valence-corrected chi connectivity index (χ3v) is 4.92. The number of thiophene rings is 1. The zero-order valence-electron chi connectivity index (χ0n) is 11.4. The Hall–Kier alpha value is -2.08. The number of nitrogens with one attached hydrogen (secondary N) is 1. The normalized spacial score (nSPS) is 15.8. The Balaban J connectivity index is 1.74. The van der Waals surface area contributed by atoms with Crippen LogP contribution in [-0.4, -0.2) is 15.6 Å². The number of hydrogen-bond donors (Lipinski definition) is 1. The topological polar surface area (TPSA) is 60.1 Å². The molecule has 6 heteroatoms. The number of carbonyl (C=O) groups excluding carboxylic acids is 1. The number of carbonyl (C=O) groups is 1. The van der Waals surface area contributed by atoms with E-state index in [1.165, 1.54) is 19.1 Å². The van der Waals surface area contributed by atoms with E-state index in [1.807, 2.05) is 6.07 Å². The van der Waals surface area contributed by atoms with Crippen molar-refractivity contribution in [1.29, 1.82) is 0 Å². The van der Waals surface area contributed by atoms with Crippen molar-refractivity contribution < 1.29 is 9.32 Å². The number of nitrogens with zero attached hydrogens (tertiary/aromatic N) is 2. The number of rotatable bonds is 3. The van der Waals surface area contributed by atoms with E-state index >= 15 is 0 Å². The molecule has 1 N–H and O–H groups in total. The van der Waals surface area contributed by atoms with Crippen LogP contribution in [0.2, 0.25) is 0 Å². The molecule has 21 heavy (non-hydrogen) atoms. The van der Waals surface area contributed by atoms with Gasteiger partial charge in [0.15, 0.2) is 5.82 Å². The molecule has 0 aliphatic heterocycles. The summed E-state index contributed by atoms with van der Waals surface area (Å²) in [6, 6.07) is 6.15. The SMILES string of the molecule is O=C(Nc1ccon1)c1cc2sccc2n1C1CCCC1. The van der Waals surface area contributed by atoms with Crippen molar-refractivity contribution in [3.8, 4) is 0 Å². The number of amides is 1. The van der Waals surface area contributed by atoms with Gasteiger partial charge in [-0.25, -0.2) is 0 Å². The molecule has 0 spiro atoms. The standard InChI is InChI=1S/C15H15N3O2S/c19-15(16-14-5-7-20-17-14)12-9-13-11(6-8-21-13)18(12)10-3-1-2-4-10/h5-10H,1-4H2,(H,16,17,19). The van der Waals surface area contributed by atoms with Crippen molar-refractivity contribution in [2.24, 2.45) is 0 Å². The van der Waals surface area contributed by atoms with Crippen LogP contribution in [0.5, 0.6) is 0 Å². The summed E-state index contributed by atoms with van der Waals surface area (Å²) in [5.74, 6) is 0.321. The van der Waals surface area contributed by atoms with Gasteiger partial charge >= 0.3 is 0 Å². The lowest BCUT2D eigenvalue weighted by molar-refractivity contribution is 0.101. The van der Waals surface area contributed by atoms with E-state index in [0.717, 1.165) is 23.1 Å². The average molecular weight is 301 g/mol. The molecule has 1 aliphatic carbocycles. The minimum Gasteiger partial charge on any atom is -0.363 e. The fourth-order valence-corrected chi connectivity index (χ4v) is 3.94. The molecule has 4 rings (SSSR count). The van der Waals surface area contributed by atoms with Gasteiger partial charge in [-0.1, -0.05) is 18.0 Å². The molecule has 1 saturated carbocycles. The first-order valence-electron chi connectivity index (χ1n) is 7.13. The van der Waals surface area contributed by atoms with E-state index in [2.05, 4.69) is 26.5 Å². The highest BCUT2D eigenvalue weighted by Crippen LogP contribution is 2.36. The van der Waals surface area contributed by atoms with Crippen LogP contribution >= 0.6 is 11.3 Å². The van der Waals surface area contributed by atoms with Crippen LogP contribution in [0, 0.1) is 0 Å². The number of fused-ring (bicyclic) bond motifs is 1. The van der Waals surface area contributed by atoms with Crippen molar-refractivity contribution in [2.45, 2.75) is 31.7 Å². The summed E-state index contributed by atoms with van der Waals surface area (Å²) in [5.41, 5.74) is 1.88. The molecule has 5 nitrogen and oxygen atoms in total. The highest BCUT2D eigenvalue weighted by atomic mass is 32.1. The molecule has 1 amide bonds. The lowest BCUT2D eigenvalue weighted by atomic mass is 10.2. The molecular weight excluding hydrogens is 286 g/mol. The van der Waals surface area contributed by atoms with Gasteiger partial charge < -0.3 is 14.4 Å². The van der Waals surface area contributed by atoms with Crippen molar-refractivity contribution >= 4 is 33.3 Å². The van der Waals surface area contributed by atoms with Crippen molar-refractivity contribution in [1.82, 2.24) is 9.72 Å². The van der Waals surface area contributed by atoms with Gasteiger partial charge in [0, 0.05) is 12.1 Å². The molecule has 108 valence electrons. The van der Waals surface area contributed by atoms with Crippen LogP contribution < -0.4 is 5.32 Å². The van der Waals surface area contributed by atoms with Gasteiger partial charge in [-0.3, -0.25) is 4.79 Å². The Labute approximate surface area is 125 Å². The number of anilines is 1. The maximum atomic E-state index is 12.5.